The van der Waals surface area contributed by atoms with Crippen LogP contribution in [0.5, 0.6) is 0 Å². The standard InChI is InChI=1S/C15H24N2O/c1-4-13(18-3)15(16-5-2)12-9-8-11-7-6-10-17-14(11)12/h6-7,10,12-13,15-16H,4-5,8-9H2,1-3H3. The first kappa shape index (κ1) is 13.5. The fourth-order valence-electron chi connectivity index (χ4n) is 3.13. The zero-order valence-corrected chi connectivity index (χ0v) is 11.6. The van der Waals surface area contributed by atoms with Gasteiger partial charge in [0.25, 0.3) is 0 Å². The van der Waals surface area contributed by atoms with E-state index in [2.05, 4.69) is 30.2 Å². The first-order chi connectivity index (χ1) is 8.81. The fraction of sp³-hybridized carbons (Fsp3) is 0.667. The molecule has 0 saturated carbocycles. The van der Waals surface area contributed by atoms with Gasteiger partial charge in [-0.3, -0.25) is 4.98 Å². The van der Waals surface area contributed by atoms with Crippen LogP contribution in [0.3, 0.4) is 0 Å². The molecule has 3 nitrogen and oxygen atoms in total. The Hall–Kier alpha value is -0.930. The van der Waals surface area contributed by atoms with Gasteiger partial charge in [0.1, 0.15) is 0 Å². The highest BCUT2D eigenvalue weighted by molar-refractivity contribution is 5.30. The predicted octanol–water partition coefficient (Wildman–Crippen LogP) is 2.51. The predicted molar refractivity (Wildman–Crippen MR) is 73.9 cm³/mol. The van der Waals surface area contributed by atoms with Crippen molar-refractivity contribution in [2.45, 2.75) is 51.2 Å². The Kier molecular flexibility index (Phi) is 4.72. The maximum Gasteiger partial charge on any atom is 0.0728 e. The number of methoxy groups -OCH3 is 1. The maximum atomic E-state index is 5.65. The van der Waals surface area contributed by atoms with Gasteiger partial charge in [-0.25, -0.2) is 0 Å². The van der Waals surface area contributed by atoms with Crippen LogP contribution in [0.15, 0.2) is 18.3 Å². The minimum absolute atomic E-state index is 0.267. The van der Waals surface area contributed by atoms with Crippen LogP contribution in [-0.2, 0) is 11.2 Å². The van der Waals surface area contributed by atoms with Crippen LogP contribution in [0.2, 0.25) is 0 Å². The minimum Gasteiger partial charge on any atom is -0.380 e. The molecule has 1 aromatic rings. The summed E-state index contributed by atoms with van der Waals surface area (Å²) in [5.74, 6) is 0.492. The van der Waals surface area contributed by atoms with Crippen molar-refractivity contribution < 1.29 is 4.74 Å². The Labute approximate surface area is 110 Å². The molecule has 1 N–H and O–H groups in total. The number of fused-ring (bicyclic) bond motifs is 1. The Morgan fingerprint density at radius 3 is 3.00 bits per heavy atom. The Balaban J connectivity index is 2.22. The summed E-state index contributed by atoms with van der Waals surface area (Å²) < 4.78 is 5.65. The Bertz CT molecular complexity index is 377. The Morgan fingerprint density at radius 1 is 1.50 bits per heavy atom. The lowest BCUT2D eigenvalue weighted by Crippen LogP contribution is -2.44. The lowest BCUT2D eigenvalue weighted by atomic mass is 9.91. The van der Waals surface area contributed by atoms with E-state index in [9.17, 15) is 0 Å². The number of hydrogen-bond acceptors (Lipinski definition) is 3. The smallest absolute Gasteiger partial charge is 0.0728 e. The van der Waals surface area contributed by atoms with E-state index in [4.69, 9.17) is 4.74 Å². The number of nitrogens with one attached hydrogen (secondary N) is 1. The number of aromatic nitrogens is 1. The van der Waals surface area contributed by atoms with Gasteiger partial charge in [0, 0.05) is 31.0 Å². The van der Waals surface area contributed by atoms with Crippen molar-refractivity contribution in [1.82, 2.24) is 10.3 Å². The summed E-state index contributed by atoms with van der Waals surface area (Å²) >= 11 is 0. The number of aryl methyl sites for hydroxylation is 1. The van der Waals surface area contributed by atoms with Gasteiger partial charge in [-0.05, 0) is 37.4 Å². The number of rotatable bonds is 6. The molecule has 0 fully saturated rings. The highest BCUT2D eigenvalue weighted by Gasteiger charge is 2.34. The van der Waals surface area contributed by atoms with E-state index in [0.29, 0.717) is 12.0 Å². The molecule has 1 aromatic heterocycles. The lowest BCUT2D eigenvalue weighted by Gasteiger charge is -2.31. The van der Waals surface area contributed by atoms with Crippen LogP contribution in [0.1, 0.15) is 43.9 Å². The number of ether oxygens (including phenoxy) is 1. The first-order valence-corrected chi connectivity index (χ1v) is 7.01. The third kappa shape index (κ3) is 2.57. The molecule has 3 unspecified atom stereocenters. The highest BCUT2D eigenvalue weighted by Crippen LogP contribution is 2.35. The number of likely N-dealkylation sites (N-methyl/N-ethyl adjacent to an activating group) is 1. The lowest BCUT2D eigenvalue weighted by molar-refractivity contribution is 0.0561. The average Bonchev–Trinajstić information content (AvgIpc) is 2.83. The molecular weight excluding hydrogens is 224 g/mol. The van der Waals surface area contributed by atoms with Gasteiger partial charge in [0.2, 0.25) is 0 Å². The summed E-state index contributed by atoms with van der Waals surface area (Å²) in [6.07, 6.45) is 5.54. The monoisotopic (exact) mass is 248 g/mol. The third-order valence-electron chi connectivity index (χ3n) is 3.98. The molecule has 1 aliphatic carbocycles. The van der Waals surface area contributed by atoms with Crippen molar-refractivity contribution in [3.8, 4) is 0 Å². The molecule has 0 amide bonds. The largest absolute Gasteiger partial charge is 0.380 e. The van der Waals surface area contributed by atoms with Crippen molar-refractivity contribution in [1.29, 1.82) is 0 Å². The summed E-state index contributed by atoms with van der Waals surface area (Å²) in [5.41, 5.74) is 2.69. The second kappa shape index (κ2) is 6.30. The van der Waals surface area contributed by atoms with Crippen LogP contribution in [0, 0.1) is 0 Å². The fourth-order valence-corrected chi connectivity index (χ4v) is 3.13. The van der Waals surface area contributed by atoms with Crippen LogP contribution in [0.4, 0.5) is 0 Å². The molecule has 1 heterocycles. The quantitative estimate of drug-likeness (QED) is 0.840. The van der Waals surface area contributed by atoms with E-state index in [0.717, 1.165) is 19.4 Å². The van der Waals surface area contributed by atoms with Gasteiger partial charge in [-0.1, -0.05) is 19.9 Å². The zero-order valence-electron chi connectivity index (χ0n) is 11.6. The van der Waals surface area contributed by atoms with Crippen LogP contribution in [0.25, 0.3) is 0 Å². The molecule has 0 aliphatic heterocycles. The van der Waals surface area contributed by atoms with Gasteiger partial charge in [0.15, 0.2) is 0 Å². The normalized spacial score (nSPS) is 21.6. The van der Waals surface area contributed by atoms with E-state index >= 15 is 0 Å². The summed E-state index contributed by atoms with van der Waals surface area (Å²) in [5, 5.41) is 3.60. The van der Waals surface area contributed by atoms with Gasteiger partial charge in [-0.2, -0.15) is 0 Å². The summed E-state index contributed by atoms with van der Waals surface area (Å²) in [4.78, 5) is 4.60. The van der Waals surface area contributed by atoms with Crippen molar-refractivity contribution >= 4 is 0 Å². The van der Waals surface area contributed by atoms with Crippen molar-refractivity contribution in [3.63, 3.8) is 0 Å². The summed E-state index contributed by atoms with van der Waals surface area (Å²) in [7, 11) is 1.81. The molecule has 1 aliphatic rings. The molecule has 2 rings (SSSR count). The van der Waals surface area contributed by atoms with Crippen LogP contribution >= 0.6 is 0 Å². The number of pyridine rings is 1. The molecule has 100 valence electrons. The SMILES string of the molecule is CCNC(C(CC)OC)C1CCc2cccnc21. The second-order valence-electron chi connectivity index (χ2n) is 4.96. The summed E-state index contributed by atoms with van der Waals surface area (Å²) in [6.45, 7) is 5.32. The molecule has 3 atom stereocenters. The van der Waals surface area contributed by atoms with Gasteiger partial charge in [-0.15, -0.1) is 0 Å². The Morgan fingerprint density at radius 2 is 2.33 bits per heavy atom. The first-order valence-electron chi connectivity index (χ1n) is 7.01. The van der Waals surface area contributed by atoms with Crippen molar-refractivity contribution in [2.24, 2.45) is 0 Å². The topological polar surface area (TPSA) is 34.1 Å². The molecule has 0 bridgehead atoms. The van der Waals surface area contributed by atoms with Crippen LogP contribution in [-0.4, -0.2) is 30.8 Å². The molecule has 18 heavy (non-hydrogen) atoms. The van der Waals surface area contributed by atoms with E-state index < -0.39 is 0 Å². The number of nitrogens with zero attached hydrogens (tertiary/aromatic N) is 1. The molecule has 0 radical (unpaired) electrons. The van der Waals surface area contributed by atoms with Gasteiger partial charge >= 0.3 is 0 Å². The molecule has 0 spiro atoms. The van der Waals surface area contributed by atoms with E-state index in [1.807, 2.05) is 19.4 Å². The summed E-state index contributed by atoms with van der Waals surface area (Å²) in [6, 6.07) is 4.62. The molecule has 0 aromatic carbocycles. The third-order valence-corrected chi connectivity index (χ3v) is 3.98. The van der Waals surface area contributed by atoms with Gasteiger partial charge in [0.05, 0.1) is 6.10 Å². The highest BCUT2D eigenvalue weighted by atomic mass is 16.5. The van der Waals surface area contributed by atoms with E-state index in [1.165, 1.54) is 17.7 Å². The molecular formula is C15H24N2O. The van der Waals surface area contributed by atoms with E-state index in [-0.39, 0.29) is 6.10 Å². The zero-order chi connectivity index (χ0) is 13.0. The average molecular weight is 248 g/mol. The second-order valence-corrected chi connectivity index (χ2v) is 4.96. The minimum atomic E-state index is 0.267. The van der Waals surface area contributed by atoms with Crippen molar-refractivity contribution in [2.75, 3.05) is 13.7 Å². The molecule has 0 saturated heterocycles. The van der Waals surface area contributed by atoms with Crippen molar-refractivity contribution in [3.05, 3.63) is 29.6 Å². The van der Waals surface area contributed by atoms with E-state index in [1.54, 1.807) is 0 Å². The number of hydrogen-bond donors (Lipinski definition) is 1. The van der Waals surface area contributed by atoms with Crippen LogP contribution < -0.4 is 5.32 Å². The molecule has 3 heteroatoms. The van der Waals surface area contributed by atoms with Gasteiger partial charge < -0.3 is 10.1 Å². The maximum absolute atomic E-state index is 5.65.